The Balaban J connectivity index is 1.92. The van der Waals surface area contributed by atoms with Gasteiger partial charge in [-0.05, 0) is 36.6 Å². The minimum Gasteiger partial charge on any atom is -0.128 e. The summed E-state index contributed by atoms with van der Waals surface area (Å²) in [5, 5.41) is 1.34. The Bertz CT molecular complexity index is 602. The molecule has 17 heavy (non-hydrogen) atoms. The third-order valence-electron chi connectivity index (χ3n) is 2.64. The van der Waals surface area contributed by atoms with Gasteiger partial charge in [0.1, 0.15) is 0 Å². The van der Waals surface area contributed by atoms with Crippen molar-refractivity contribution in [2.75, 3.05) is 0 Å². The zero-order valence-corrected chi connectivity index (χ0v) is 11.1. The van der Waals surface area contributed by atoms with E-state index in [1.807, 2.05) is 23.1 Å². The fourth-order valence-electron chi connectivity index (χ4n) is 1.73. The number of fused-ring (bicyclic) bond motifs is 1. The lowest BCUT2D eigenvalue weighted by molar-refractivity contribution is 1.38. The molecule has 0 aliphatic carbocycles. The van der Waals surface area contributed by atoms with Crippen LogP contribution < -0.4 is 0 Å². The molecule has 1 heterocycles. The van der Waals surface area contributed by atoms with Crippen molar-refractivity contribution in [3.63, 3.8) is 0 Å². The van der Waals surface area contributed by atoms with Gasteiger partial charge in [0.25, 0.3) is 0 Å². The molecule has 0 fully saturated rings. The van der Waals surface area contributed by atoms with E-state index in [-0.39, 0.29) is 0 Å². The average Bonchev–Trinajstić information content (AvgIpc) is 2.74. The van der Waals surface area contributed by atoms with E-state index in [9.17, 15) is 0 Å². The van der Waals surface area contributed by atoms with E-state index >= 15 is 0 Å². The zero-order valence-electron chi connectivity index (χ0n) is 9.51. The van der Waals surface area contributed by atoms with Crippen molar-refractivity contribution >= 4 is 33.2 Å². The van der Waals surface area contributed by atoms with Gasteiger partial charge in [-0.25, -0.2) is 0 Å². The van der Waals surface area contributed by atoms with Crippen LogP contribution >= 0.6 is 23.1 Å². The van der Waals surface area contributed by atoms with Crippen LogP contribution in [0.4, 0.5) is 0 Å². The van der Waals surface area contributed by atoms with Crippen molar-refractivity contribution in [1.82, 2.24) is 0 Å². The highest BCUT2D eigenvalue weighted by molar-refractivity contribution is 8.01. The van der Waals surface area contributed by atoms with E-state index in [0.29, 0.717) is 0 Å². The number of hydrogen-bond donors (Lipinski definition) is 0. The maximum atomic E-state index is 2.27. The second-order valence-corrected chi connectivity index (χ2v) is 6.48. The monoisotopic (exact) mass is 256 g/mol. The Labute approximate surface area is 109 Å². The summed E-state index contributed by atoms with van der Waals surface area (Å²) >= 11 is 3.70. The van der Waals surface area contributed by atoms with Crippen molar-refractivity contribution in [3.8, 4) is 0 Å². The maximum absolute atomic E-state index is 2.27. The molecule has 0 amide bonds. The minimum atomic E-state index is 1.31. The molecule has 0 aliphatic rings. The predicted molar refractivity (Wildman–Crippen MR) is 77.1 cm³/mol. The van der Waals surface area contributed by atoms with Gasteiger partial charge in [-0.3, -0.25) is 0 Å². The highest BCUT2D eigenvalue weighted by Crippen LogP contribution is 2.36. The van der Waals surface area contributed by atoms with Crippen LogP contribution in [0.5, 0.6) is 0 Å². The molecular weight excluding hydrogens is 244 g/mol. The van der Waals surface area contributed by atoms with Crippen LogP contribution in [0.2, 0.25) is 0 Å². The molecule has 3 rings (SSSR count). The van der Waals surface area contributed by atoms with Crippen molar-refractivity contribution in [3.05, 3.63) is 60.2 Å². The first-order valence-electron chi connectivity index (χ1n) is 5.54. The number of rotatable bonds is 2. The third kappa shape index (κ3) is 2.38. The average molecular weight is 256 g/mol. The maximum Gasteiger partial charge on any atom is 0.0658 e. The van der Waals surface area contributed by atoms with Crippen LogP contribution in [0.15, 0.2) is 63.7 Å². The van der Waals surface area contributed by atoms with E-state index in [0.717, 1.165) is 0 Å². The molecule has 0 spiro atoms. The Morgan fingerprint density at radius 2 is 1.71 bits per heavy atom. The van der Waals surface area contributed by atoms with Crippen molar-refractivity contribution in [2.45, 2.75) is 16.0 Å². The SMILES string of the molecule is Cc1ccc(Sc2cc3ccccc3s2)cc1. The van der Waals surface area contributed by atoms with Gasteiger partial charge in [0, 0.05) is 9.60 Å². The van der Waals surface area contributed by atoms with Gasteiger partial charge in [-0.15, -0.1) is 11.3 Å². The molecule has 0 radical (unpaired) electrons. The molecular formula is C15H12S2. The molecule has 0 bridgehead atoms. The predicted octanol–water partition coefficient (Wildman–Crippen LogP) is 5.36. The molecule has 0 saturated carbocycles. The minimum absolute atomic E-state index is 1.31. The van der Waals surface area contributed by atoms with Crippen LogP contribution in [0, 0.1) is 6.92 Å². The molecule has 0 unspecified atom stereocenters. The quantitative estimate of drug-likeness (QED) is 0.594. The first kappa shape index (κ1) is 10.9. The van der Waals surface area contributed by atoms with E-state index in [1.54, 1.807) is 0 Å². The summed E-state index contributed by atoms with van der Waals surface area (Å²) in [6.07, 6.45) is 0. The molecule has 0 nitrogen and oxygen atoms in total. The van der Waals surface area contributed by atoms with Gasteiger partial charge in [-0.2, -0.15) is 0 Å². The molecule has 84 valence electrons. The van der Waals surface area contributed by atoms with Gasteiger partial charge in [-0.1, -0.05) is 47.7 Å². The molecule has 0 atom stereocenters. The largest absolute Gasteiger partial charge is 0.128 e. The number of hydrogen-bond acceptors (Lipinski definition) is 2. The lowest BCUT2D eigenvalue weighted by Gasteiger charge is -1.98. The van der Waals surface area contributed by atoms with Gasteiger partial charge in [0.05, 0.1) is 4.21 Å². The molecule has 0 aliphatic heterocycles. The summed E-state index contributed by atoms with van der Waals surface area (Å²) in [5.74, 6) is 0. The summed E-state index contributed by atoms with van der Waals surface area (Å²) in [4.78, 5) is 1.31. The standard InChI is InChI=1S/C15H12S2/c1-11-6-8-13(9-7-11)16-15-10-12-4-2-3-5-14(12)17-15/h2-10H,1H3. The first-order chi connectivity index (χ1) is 8.31. The molecule has 0 saturated heterocycles. The number of benzene rings is 2. The fraction of sp³-hybridized carbons (Fsp3) is 0.0667. The number of thiophene rings is 1. The normalized spacial score (nSPS) is 10.9. The van der Waals surface area contributed by atoms with Gasteiger partial charge in [0.15, 0.2) is 0 Å². The second-order valence-electron chi connectivity index (χ2n) is 4.02. The van der Waals surface area contributed by atoms with Crippen molar-refractivity contribution in [2.24, 2.45) is 0 Å². The lowest BCUT2D eigenvalue weighted by Crippen LogP contribution is -1.71. The van der Waals surface area contributed by atoms with Crippen LogP contribution in [0.1, 0.15) is 5.56 Å². The van der Waals surface area contributed by atoms with E-state index in [1.165, 1.54) is 24.8 Å². The Hall–Kier alpha value is -1.25. The lowest BCUT2D eigenvalue weighted by atomic mass is 10.2. The van der Waals surface area contributed by atoms with Crippen molar-refractivity contribution in [1.29, 1.82) is 0 Å². The fourth-order valence-corrected chi connectivity index (χ4v) is 3.94. The van der Waals surface area contributed by atoms with E-state index < -0.39 is 0 Å². The summed E-state index contributed by atoms with van der Waals surface area (Å²) in [6, 6.07) is 19.5. The topological polar surface area (TPSA) is 0 Å². The van der Waals surface area contributed by atoms with Crippen molar-refractivity contribution < 1.29 is 0 Å². The van der Waals surface area contributed by atoms with Crippen LogP contribution in [-0.2, 0) is 0 Å². The summed E-state index contributed by atoms with van der Waals surface area (Å²) < 4.78 is 2.72. The first-order valence-corrected chi connectivity index (χ1v) is 7.18. The smallest absolute Gasteiger partial charge is 0.0658 e. The Kier molecular flexibility index (Phi) is 2.91. The Morgan fingerprint density at radius 3 is 2.47 bits per heavy atom. The summed E-state index contributed by atoms with van der Waals surface area (Å²) in [7, 11) is 0. The molecule has 2 heteroatoms. The zero-order chi connectivity index (χ0) is 11.7. The molecule has 1 aromatic heterocycles. The highest BCUT2D eigenvalue weighted by atomic mass is 32.2. The molecule has 3 aromatic rings. The number of aryl methyl sites for hydroxylation is 1. The Morgan fingerprint density at radius 1 is 0.941 bits per heavy atom. The molecule has 2 aromatic carbocycles. The highest BCUT2D eigenvalue weighted by Gasteiger charge is 2.02. The van der Waals surface area contributed by atoms with E-state index in [2.05, 4.69) is 61.5 Å². The third-order valence-corrected chi connectivity index (χ3v) is 4.88. The van der Waals surface area contributed by atoms with Gasteiger partial charge in [0.2, 0.25) is 0 Å². The summed E-state index contributed by atoms with van der Waals surface area (Å²) in [6.45, 7) is 2.12. The molecule has 0 N–H and O–H groups in total. The summed E-state index contributed by atoms with van der Waals surface area (Å²) in [5.41, 5.74) is 1.31. The van der Waals surface area contributed by atoms with Crippen LogP contribution in [0.25, 0.3) is 10.1 Å². The van der Waals surface area contributed by atoms with E-state index in [4.69, 9.17) is 0 Å². The van der Waals surface area contributed by atoms with Gasteiger partial charge < -0.3 is 0 Å². The van der Waals surface area contributed by atoms with Crippen LogP contribution in [0.3, 0.4) is 0 Å². The van der Waals surface area contributed by atoms with Gasteiger partial charge >= 0.3 is 0 Å². The second kappa shape index (κ2) is 4.55. The van der Waals surface area contributed by atoms with Crippen LogP contribution in [-0.4, -0.2) is 0 Å².